The van der Waals surface area contributed by atoms with Crippen molar-refractivity contribution in [3.8, 4) is 11.1 Å². The molecule has 7 aromatic carbocycles. The molecule has 0 bridgehead atoms. The maximum Gasteiger partial charge on any atom is 0.137 e. The fourth-order valence-electron chi connectivity index (χ4n) is 6.43. The Morgan fingerprint density at radius 1 is 0.419 bits per heavy atom. The maximum absolute atomic E-state index is 6.35. The Kier molecular flexibility index (Phi) is 5.40. The van der Waals surface area contributed by atoms with Gasteiger partial charge in [0.2, 0.25) is 0 Å². The van der Waals surface area contributed by atoms with E-state index in [1.54, 1.807) is 0 Å². The Hall–Kier alpha value is -5.38. The average molecular weight is 568 g/mol. The van der Waals surface area contributed by atoms with Gasteiger partial charge in [-0.3, -0.25) is 0 Å². The molecule has 3 heteroatoms. The molecule has 0 N–H and O–H groups in total. The molecule has 0 atom stereocenters. The van der Waals surface area contributed by atoms with Crippen LogP contribution in [0.4, 0.5) is 17.1 Å². The SMILES string of the molecule is c1ccc(-c2cccc(N(c3ccc4c(c3)oc3ccccc34)c3ccc4ccc5sc6ccccc6c5c4c3)c2)cc1. The minimum absolute atomic E-state index is 0.884. The number of para-hydroxylation sites is 1. The quantitative estimate of drug-likeness (QED) is 0.210. The lowest BCUT2D eigenvalue weighted by atomic mass is 10.0. The van der Waals surface area contributed by atoms with E-state index in [-0.39, 0.29) is 0 Å². The first kappa shape index (κ1) is 24.2. The summed E-state index contributed by atoms with van der Waals surface area (Å²) in [5.74, 6) is 0. The number of furan rings is 1. The van der Waals surface area contributed by atoms with E-state index in [4.69, 9.17) is 4.42 Å². The Morgan fingerprint density at radius 2 is 1.12 bits per heavy atom. The highest BCUT2D eigenvalue weighted by atomic mass is 32.1. The van der Waals surface area contributed by atoms with E-state index in [2.05, 4.69) is 144 Å². The number of nitrogens with zero attached hydrogens (tertiary/aromatic N) is 1. The number of anilines is 3. The second-order valence-electron chi connectivity index (χ2n) is 11.0. The highest BCUT2D eigenvalue weighted by Crippen LogP contribution is 2.43. The number of benzene rings is 7. The van der Waals surface area contributed by atoms with E-state index in [9.17, 15) is 0 Å². The summed E-state index contributed by atoms with van der Waals surface area (Å²) in [4.78, 5) is 2.35. The van der Waals surface area contributed by atoms with E-state index in [1.165, 1.54) is 42.1 Å². The van der Waals surface area contributed by atoms with Gasteiger partial charge in [0, 0.05) is 54.1 Å². The van der Waals surface area contributed by atoms with Crippen LogP contribution in [-0.2, 0) is 0 Å². The third-order valence-corrected chi connectivity index (χ3v) is 9.57. The van der Waals surface area contributed by atoms with Crippen LogP contribution in [0.2, 0.25) is 0 Å². The Morgan fingerprint density at radius 3 is 2.05 bits per heavy atom. The third-order valence-electron chi connectivity index (χ3n) is 8.43. The molecule has 9 rings (SSSR count). The standard InChI is InChI=1S/C40H25NOS/c1-2-9-26(10-3-1)28-11-8-12-29(23-28)41(31-20-21-33-32-13-4-6-15-36(32)42-37(33)25-31)30-19-17-27-18-22-39-40(35(27)24-30)34-14-5-7-16-38(34)43-39/h1-25H. The molecule has 202 valence electrons. The van der Waals surface area contributed by atoms with E-state index in [0.717, 1.165) is 39.0 Å². The number of rotatable bonds is 4. The van der Waals surface area contributed by atoms with E-state index < -0.39 is 0 Å². The monoisotopic (exact) mass is 567 g/mol. The topological polar surface area (TPSA) is 16.4 Å². The fraction of sp³-hybridized carbons (Fsp3) is 0. The van der Waals surface area contributed by atoms with Crippen LogP contribution in [0.25, 0.3) is 64.0 Å². The lowest BCUT2D eigenvalue weighted by Crippen LogP contribution is -2.10. The smallest absolute Gasteiger partial charge is 0.137 e. The first-order valence-electron chi connectivity index (χ1n) is 14.5. The average Bonchev–Trinajstić information content (AvgIpc) is 3.64. The molecule has 0 saturated carbocycles. The largest absolute Gasteiger partial charge is 0.456 e. The van der Waals surface area contributed by atoms with Crippen molar-refractivity contribution in [2.45, 2.75) is 0 Å². The van der Waals surface area contributed by atoms with E-state index in [1.807, 2.05) is 23.5 Å². The zero-order chi connectivity index (χ0) is 28.3. The number of fused-ring (bicyclic) bond motifs is 8. The highest BCUT2D eigenvalue weighted by Gasteiger charge is 2.18. The Bertz CT molecular complexity index is 2470. The molecule has 2 aromatic heterocycles. The normalized spacial score (nSPS) is 11.7. The van der Waals surface area contributed by atoms with Gasteiger partial charge in [0.1, 0.15) is 11.2 Å². The molecule has 0 amide bonds. The molecule has 9 aromatic rings. The van der Waals surface area contributed by atoms with Crippen LogP contribution in [0.5, 0.6) is 0 Å². The van der Waals surface area contributed by atoms with Crippen molar-refractivity contribution in [3.63, 3.8) is 0 Å². The Labute approximate surface area is 252 Å². The molecule has 0 aliphatic carbocycles. The molecule has 0 radical (unpaired) electrons. The molecule has 2 heterocycles. The van der Waals surface area contributed by atoms with Crippen LogP contribution in [0.1, 0.15) is 0 Å². The third kappa shape index (κ3) is 3.93. The van der Waals surface area contributed by atoms with E-state index >= 15 is 0 Å². The van der Waals surface area contributed by atoms with Crippen LogP contribution >= 0.6 is 11.3 Å². The predicted molar refractivity (Wildman–Crippen MR) is 184 cm³/mol. The molecule has 0 aliphatic heterocycles. The van der Waals surface area contributed by atoms with Crippen molar-refractivity contribution < 1.29 is 4.42 Å². The van der Waals surface area contributed by atoms with Gasteiger partial charge in [-0.15, -0.1) is 11.3 Å². The van der Waals surface area contributed by atoms with Gasteiger partial charge < -0.3 is 9.32 Å². The van der Waals surface area contributed by atoms with Crippen molar-refractivity contribution >= 4 is 81.3 Å². The van der Waals surface area contributed by atoms with Gasteiger partial charge in [0.15, 0.2) is 0 Å². The van der Waals surface area contributed by atoms with Crippen LogP contribution in [0.3, 0.4) is 0 Å². The summed E-state index contributed by atoms with van der Waals surface area (Å²) in [5, 5.41) is 7.41. The number of hydrogen-bond acceptors (Lipinski definition) is 3. The van der Waals surface area contributed by atoms with E-state index in [0.29, 0.717) is 0 Å². The molecule has 0 fully saturated rings. The summed E-state index contributed by atoms with van der Waals surface area (Å²) < 4.78 is 8.98. The van der Waals surface area contributed by atoms with Crippen LogP contribution in [-0.4, -0.2) is 0 Å². The minimum Gasteiger partial charge on any atom is -0.456 e. The minimum atomic E-state index is 0.884. The van der Waals surface area contributed by atoms with Crippen molar-refractivity contribution in [2.75, 3.05) is 4.90 Å². The first-order valence-corrected chi connectivity index (χ1v) is 15.3. The van der Waals surface area contributed by atoms with Gasteiger partial charge in [-0.1, -0.05) is 91.0 Å². The van der Waals surface area contributed by atoms with Gasteiger partial charge in [-0.25, -0.2) is 0 Å². The summed E-state index contributed by atoms with van der Waals surface area (Å²) in [6.45, 7) is 0. The summed E-state index contributed by atoms with van der Waals surface area (Å²) in [7, 11) is 0. The lowest BCUT2D eigenvalue weighted by Gasteiger charge is -2.26. The zero-order valence-corrected chi connectivity index (χ0v) is 24.0. The predicted octanol–water partition coefficient (Wildman–Crippen LogP) is 12.2. The van der Waals surface area contributed by atoms with Crippen LogP contribution < -0.4 is 4.90 Å². The van der Waals surface area contributed by atoms with Crippen molar-refractivity contribution in [1.82, 2.24) is 0 Å². The Balaban J connectivity index is 1.30. The highest BCUT2D eigenvalue weighted by molar-refractivity contribution is 7.26. The maximum atomic E-state index is 6.35. The molecule has 0 saturated heterocycles. The van der Waals surface area contributed by atoms with Crippen LogP contribution in [0.15, 0.2) is 156 Å². The second-order valence-corrected chi connectivity index (χ2v) is 12.1. The molecule has 43 heavy (non-hydrogen) atoms. The molecule has 0 unspecified atom stereocenters. The van der Waals surface area contributed by atoms with Crippen molar-refractivity contribution in [3.05, 3.63) is 152 Å². The van der Waals surface area contributed by atoms with Gasteiger partial charge in [0.05, 0.1) is 0 Å². The summed E-state index contributed by atoms with van der Waals surface area (Å²) in [6, 6.07) is 54.3. The number of thiophene rings is 1. The summed E-state index contributed by atoms with van der Waals surface area (Å²) in [6.07, 6.45) is 0. The molecular weight excluding hydrogens is 543 g/mol. The van der Waals surface area contributed by atoms with Gasteiger partial charge in [0.25, 0.3) is 0 Å². The molecule has 0 spiro atoms. The zero-order valence-electron chi connectivity index (χ0n) is 23.2. The molecule has 0 aliphatic rings. The van der Waals surface area contributed by atoms with Crippen molar-refractivity contribution in [1.29, 1.82) is 0 Å². The van der Waals surface area contributed by atoms with Gasteiger partial charge >= 0.3 is 0 Å². The number of hydrogen-bond donors (Lipinski definition) is 0. The molecular formula is C40H25NOS. The molecule has 2 nitrogen and oxygen atoms in total. The lowest BCUT2D eigenvalue weighted by molar-refractivity contribution is 0.669. The summed E-state index contributed by atoms with van der Waals surface area (Å²) in [5.41, 5.74) is 7.43. The van der Waals surface area contributed by atoms with Gasteiger partial charge in [-0.05, 0) is 76.5 Å². The van der Waals surface area contributed by atoms with Gasteiger partial charge in [-0.2, -0.15) is 0 Å². The summed E-state index contributed by atoms with van der Waals surface area (Å²) >= 11 is 1.86. The second kappa shape index (κ2) is 9.59. The van der Waals surface area contributed by atoms with Crippen molar-refractivity contribution in [2.24, 2.45) is 0 Å². The van der Waals surface area contributed by atoms with Crippen LogP contribution in [0, 0.1) is 0 Å². The fourth-order valence-corrected chi connectivity index (χ4v) is 7.55. The first-order chi connectivity index (χ1) is 21.3.